The lowest BCUT2D eigenvalue weighted by Gasteiger charge is -2.03. The average molecular weight is 184 g/mol. The highest BCUT2D eigenvalue weighted by atomic mass is 35.5. The monoisotopic (exact) mass is 183 g/mol. The highest BCUT2D eigenvalue weighted by Gasteiger charge is 2.08. The van der Waals surface area contributed by atoms with Gasteiger partial charge in [-0.15, -0.1) is 0 Å². The summed E-state index contributed by atoms with van der Waals surface area (Å²) in [6.07, 6.45) is 0. The van der Waals surface area contributed by atoms with Gasteiger partial charge >= 0.3 is 0 Å². The van der Waals surface area contributed by atoms with Crippen LogP contribution >= 0.6 is 11.6 Å². The molecule has 0 spiro atoms. The number of hydrogen-bond donors (Lipinski definition) is 1. The molecule has 0 saturated heterocycles. The third kappa shape index (κ3) is 1.59. The van der Waals surface area contributed by atoms with Crippen LogP contribution in [0.15, 0.2) is 18.2 Å². The van der Waals surface area contributed by atoms with E-state index in [0.29, 0.717) is 10.6 Å². The molecular weight excluding hydrogens is 174 g/mol. The molecule has 1 N–H and O–H groups in total. The van der Waals surface area contributed by atoms with Gasteiger partial charge in [-0.1, -0.05) is 23.7 Å². The number of benzene rings is 1. The van der Waals surface area contributed by atoms with Crippen molar-refractivity contribution in [1.82, 2.24) is 5.32 Å². The summed E-state index contributed by atoms with van der Waals surface area (Å²) in [6.45, 7) is 1.87. The van der Waals surface area contributed by atoms with Crippen molar-refractivity contribution in [1.29, 1.82) is 0 Å². The zero-order valence-corrected chi connectivity index (χ0v) is 7.77. The van der Waals surface area contributed by atoms with Gasteiger partial charge in [0, 0.05) is 7.05 Å². The van der Waals surface area contributed by atoms with E-state index in [1.165, 1.54) is 0 Å². The molecule has 1 aromatic carbocycles. The summed E-state index contributed by atoms with van der Waals surface area (Å²) in [4.78, 5) is 11.2. The summed E-state index contributed by atoms with van der Waals surface area (Å²) < 4.78 is 0. The molecule has 0 unspecified atom stereocenters. The number of rotatable bonds is 1. The number of halogens is 1. The van der Waals surface area contributed by atoms with Gasteiger partial charge in [-0.25, -0.2) is 0 Å². The van der Waals surface area contributed by atoms with Crippen molar-refractivity contribution in [2.75, 3.05) is 7.05 Å². The molecule has 0 radical (unpaired) electrons. The molecule has 2 nitrogen and oxygen atoms in total. The van der Waals surface area contributed by atoms with Gasteiger partial charge in [-0.3, -0.25) is 4.79 Å². The summed E-state index contributed by atoms with van der Waals surface area (Å²) in [6, 6.07) is 5.38. The van der Waals surface area contributed by atoms with Crippen molar-refractivity contribution in [2.24, 2.45) is 0 Å². The molecule has 0 bridgehead atoms. The summed E-state index contributed by atoms with van der Waals surface area (Å²) in [5.74, 6) is -0.149. The fraction of sp³-hybridized carbons (Fsp3) is 0.222. The van der Waals surface area contributed by atoms with Crippen LogP contribution < -0.4 is 5.32 Å². The zero-order chi connectivity index (χ0) is 9.14. The Morgan fingerprint density at radius 1 is 1.50 bits per heavy atom. The Hall–Kier alpha value is -1.02. The first-order valence-corrected chi connectivity index (χ1v) is 4.02. The Kier molecular flexibility index (Phi) is 2.71. The second-order valence-corrected chi connectivity index (χ2v) is 2.89. The summed E-state index contributed by atoms with van der Waals surface area (Å²) in [5, 5.41) is 3.05. The van der Waals surface area contributed by atoms with Crippen LogP contribution in [0.25, 0.3) is 0 Å². The Bertz CT molecular complexity index is 309. The van der Waals surface area contributed by atoms with Crippen molar-refractivity contribution in [3.05, 3.63) is 34.3 Å². The van der Waals surface area contributed by atoms with E-state index in [9.17, 15) is 4.79 Å². The molecule has 3 heteroatoms. The minimum atomic E-state index is -0.149. The van der Waals surface area contributed by atoms with Gasteiger partial charge in [0.05, 0.1) is 10.6 Å². The van der Waals surface area contributed by atoms with E-state index >= 15 is 0 Å². The Morgan fingerprint density at radius 3 is 2.75 bits per heavy atom. The van der Waals surface area contributed by atoms with E-state index in [4.69, 9.17) is 11.6 Å². The number of hydrogen-bond acceptors (Lipinski definition) is 1. The summed E-state index contributed by atoms with van der Waals surface area (Å²) in [5.41, 5.74) is 1.44. The molecule has 0 aromatic heterocycles. The number of carbonyl (C=O) groups is 1. The largest absolute Gasteiger partial charge is 0.355 e. The molecule has 0 aliphatic heterocycles. The predicted molar refractivity (Wildman–Crippen MR) is 49.6 cm³/mol. The molecule has 1 aromatic rings. The summed E-state index contributed by atoms with van der Waals surface area (Å²) in [7, 11) is 1.58. The topological polar surface area (TPSA) is 29.1 Å². The first-order chi connectivity index (χ1) is 5.66. The maximum absolute atomic E-state index is 11.2. The smallest absolute Gasteiger partial charge is 0.252 e. The Balaban J connectivity index is 3.16. The molecule has 0 aliphatic carbocycles. The fourth-order valence-corrected chi connectivity index (χ4v) is 1.17. The van der Waals surface area contributed by atoms with Crippen LogP contribution in [0.4, 0.5) is 0 Å². The van der Waals surface area contributed by atoms with Gasteiger partial charge in [0.15, 0.2) is 0 Å². The highest BCUT2D eigenvalue weighted by Crippen LogP contribution is 2.19. The average Bonchev–Trinajstić information content (AvgIpc) is 2.08. The fourth-order valence-electron chi connectivity index (χ4n) is 0.957. The molecule has 12 heavy (non-hydrogen) atoms. The molecule has 0 aliphatic rings. The highest BCUT2D eigenvalue weighted by molar-refractivity contribution is 6.34. The summed E-state index contributed by atoms with van der Waals surface area (Å²) >= 11 is 5.91. The molecule has 1 amide bonds. The van der Waals surface area contributed by atoms with Crippen molar-refractivity contribution in [3.8, 4) is 0 Å². The van der Waals surface area contributed by atoms with E-state index in [1.54, 1.807) is 13.1 Å². The van der Waals surface area contributed by atoms with Crippen molar-refractivity contribution in [2.45, 2.75) is 6.92 Å². The van der Waals surface area contributed by atoms with Gasteiger partial charge in [-0.2, -0.15) is 0 Å². The van der Waals surface area contributed by atoms with Crippen LogP contribution in [-0.4, -0.2) is 13.0 Å². The van der Waals surface area contributed by atoms with E-state index in [1.807, 2.05) is 19.1 Å². The van der Waals surface area contributed by atoms with Crippen LogP contribution in [0.2, 0.25) is 5.02 Å². The number of aryl methyl sites for hydroxylation is 1. The third-order valence-corrected chi connectivity index (χ3v) is 2.17. The van der Waals surface area contributed by atoms with Gasteiger partial charge in [0.1, 0.15) is 0 Å². The van der Waals surface area contributed by atoms with Crippen LogP contribution in [-0.2, 0) is 0 Å². The van der Waals surface area contributed by atoms with E-state index < -0.39 is 0 Å². The van der Waals surface area contributed by atoms with Gasteiger partial charge in [0.25, 0.3) is 5.91 Å². The Morgan fingerprint density at radius 2 is 2.17 bits per heavy atom. The number of nitrogens with one attached hydrogen (secondary N) is 1. The number of amides is 1. The zero-order valence-electron chi connectivity index (χ0n) is 7.02. The van der Waals surface area contributed by atoms with Crippen molar-refractivity contribution < 1.29 is 4.79 Å². The van der Waals surface area contributed by atoms with E-state index in [2.05, 4.69) is 5.32 Å². The number of carbonyl (C=O) groups excluding carboxylic acids is 1. The second kappa shape index (κ2) is 3.59. The van der Waals surface area contributed by atoms with Crippen molar-refractivity contribution in [3.63, 3.8) is 0 Å². The Labute approximate surface area is 76.5 Å². The molecule has 0 saturated carbocycles. The quantitative estimate of drug-likeness (QED) is 0.709. The normalized spacial score (nSPS) is 9.58. The first kappa shape index (κ1) is 9.07. The minimum Gasteiger partial charge on any atom is -0.355 e. The molecule has 1 rings (SSSR count). The molecule has 64 valence electrons. The minimum absolute atomic E-state index is 0.149. The lowest BCUT2D eigenvalue weighted by atomic mass is 10.1. The van der Waals surface area contributed by atoms with Crippen LogP contribution in [0, 0.1) is 6.92 Å². The maximum atomic E-state index is 11.2. The van der Waals surface area contributed by atoms with Crippen molar-refractivity contribution >= 4 is 17.5 Å². The van der Waals surface area contributed by atoms with Gasteiger partial charge in [0.2, 0.25) is 0 Å². The first-order valence-electron chi connectivity index (χ1n) is 3.64. The van der Waals surface area contributed by atoms with Crippen LogP contribution in [0.1, 0.15) is 15.9 Å². The lowest BCUT2D eigenvalue weighted by molar-refractivity contribution is 0.0963. The molecular formula is C9H10ClNO. The predicted octanol–water partition coefficient (Wildman–Crippen LogP) is 2.01. The molecule has 0 fully saturated rings. The van der Waals surface area contributed by atoms with Crippen LogP contribution in [0.3, 0.4) is 0 Å². The van der Waals surface area contributed by atoms with E-state index in [-0.39, 0.29) is 5.91 Å². The van der Waals surface area contributed by atoms with E-state index in [0.717, 1.165) is 5.56 Å². The molecule has 0 atom stereocenters. The standard InChI is InChI=1S/C9H10ClNO/c1-6-4-3-5-7(8(6)10)9(12)11-2/h3-5H,1-2H3,(H,11,12). The second-order valence-electron chi connectivity index (χ2n) is 2.52. The SMILES string of the molecule is CNC(=O)c1cccc(C)c1Cl. The molecule has 0 heterocycles. The maximum Gasteiger partial charge on any atom is 0.252 e. The van der Waals surface area contributed by atoms with Gasteiger partial charge < -0.3 is 5.32 Å². The van der Waals surface area contributed by atoms with Gasteiger partial charge in [-0.05, 0) is 18.6 Å². The lowest BCUT2D eigenvalue weighted by Crippen LogP contribution is -2.18. The van der Waals surface area contributed by atoms with Crippen LogP contribution in [0.5, 0.6) is 0 Å². The third-order valence-electron chi connectivity index (χ3n) is 1.66.